The molecule has 2 atom stereocenters. The first-order valence-corrected chi connectivity index (χ1v) is 8.02. The monoisotopic (exact) mass is 270 g/mol. The zero-order valence-electron chi connectivity index (χ0n) is 12.4. The lowest BCUT2D eigenvalue weighted by Gasteiger charge is -2.36. The number of nitrogens with one attached hydrogen (secondary N) is 1. The number of rotatable bonds is 4. The van der Waals surface area contributed by atoms with Gasteiger partial charge in [0.1, 0.15) is 0 Å². The van der Waals surface area contributed by atoms with E-state index in [9.17, 15) is 0 Å². The molecule has 0 aliphatic carbocycles. The predicted molar refractivity (Wildman–Crippen MR) is 85.7 cm³/mol. The van der Waals surface area contributed by atoms with Gasteiger partial charge in [0, 0.05) is 19.1 Å². The van der Waals surface area contributed by atoms with E-state index in [2.05, 4.69) is 47.1 Å². The van der Waals surface area contributed by atoms with Crippen LogP contribution in [0.15, 0.2) is 36.9 Å². The van der Waals surface area contributed by atoms with Crippen molar-refractivity contribution < 1.29 is 0 Å². The second-order valence-electron chi connectivity index (χ2n) is 6.31. The first kappa shape index (κ1) is 13.8. The van der Waals surface area contributed by atoms with E-state index in [1.807, 2.05) is 0 Å². The van der Waals surface area contributed by atoms with Crippen LogP contribution in [-0.2, 0) is 0 Å². The van der Waals surface area contributed by atoms with E-state index in [4.69, 9.17) is 0 Å². The van der Waals surface area contributed by atoms with Gasteiger partial charge in [-0.2, -0.15) is 0 Å². The largest absolute Gasteiger partial charge is 0.314 e. The molecule has 2 fully saturated rings. The molecule has 2 unspecified atom stereocenters. The van der Waals surface area contributed by atoms with Gasteiger partial charge < -0.3 is 5.32 Å². The van der Waals surface area contributed by atoms with E-state index in [0.29, 0.717) is 0 Å². The van der Waals surface area contributed by atoms with Crippen LogP contribution in [0.1, 0.15) is 31.2 Å². The van der Waals surface area contributed by atoms with Gasteiger partial charge in [-0.1, -0.05) is 36.9 Å². The molecule has 2 nitrogen and oxygen atoms in total. The Morgan fingerprint density at radius 3 is 2.80 bits per heavy atom. The lowest BCUT2D eigenvalue weighted by molar-refractivity contribution is 0.167. The Balaban J connectivity index is 1.56. The molecule has 1 N–H and O–H groups in total. The Hall–Kier alpha value is -1.12. The first-order valence-electron chi connectivity index (χ1n) is 8.02. The van der Waals surface area contributed by atoms with Crippen molar-refractivity contribution in [2.24, 2.45) is 5.92 Å². The molecule has 1 aromatic rings. The average Bonchev–Trinajstić information content (AvgIpc) is 3.03. The van der Waals surface area contributed by atoms with E-state index in [-0.39, 0.29) is 0 Å². The molecule has 108 valence electrons. The van der Waals surface area contributed by atoms with Gasteiger partial charge in [-0.05, 0) is 55.8 Å². The molecule has 2 aliphatic rings. The second kappa shape index (κ2) is 6.55. The van der Waals surface area contributed by atoms with Gasteiger partial charge >= 0.3 is 0 Å². The lowest BCUT2D eigenvalue weighted by atomic mass is 9.89. The molecule has 1 aromatic carbocycles. The molecule has 0 radical (unpaired) electrons. The fourth-order valence-corrected chi connectivity index (χ4v) is 3.71. The SMILES string of the molecule is C=C(CN1CCCC(C2CCCN2)C1)c1ccccc1. The number of nitrogens with zero attached hydrogens (tertiary/aromatic N) is 1. The summed E-state index contributed by atoms with van der Waals surface area (Å²) in [6, 6.07) is 11.4. The third-order valence-corrected chi connectivity index (χ3v) is 4.81. The Labute approximate surface area is 122 Å². The van der Waals surface area contributed by atoms with Crippen molar-refractivity contribution in [2.45, 2.75) is 31.7 Å². The molecule has 2 heteroatoms. The van der Waals surface area contributed by atoms with Crippen molar-refractivity contribution >= 4 is 5.57 Å². The van der Waals surface area contributed by atoms with Crippen LogP contribution >= 0.6 is 0 Å². The van der Waals surface area contributed by atoms with Crippen molar-refractivity contribution in [2.75, 3.05) is 26.2 Å². The maximum atomic E-state index is 4.28. The van der Waals surface area contributed by atoms with Gasteiger partial charge in [-0.15, -0.1) is 0 Å². The fraction of sp³-hybridized carbons (Fsp3) is 0.556. The van der Waals surface area contributed by atoms with Crippen molar-refractivity contribution in [1.29, 1.82) is 0 Å². The van der Waals surface area contributed by atoms with Gasteiger partial charge in [0.15, 0.2) is 0 Å². The lowest BCUT2D eigenvalue weighted by Crippen LogP contribution is -2.43. The van der Waals surface area contributed by atoms with Crippen LogP contribution in [0.4, 0.5) is 0 Å². The first-order chi connectivity index (χ1) is 9.83. The summed E-state index contributed by atoms with van der Waals surface area (Å²) < 4.78 is 0. The minimum absolute atomic E-state index is 0.766. The Morgan fingerprint density at radius 1 is 1.20 bits per heavy atom. The Kier molecular flexibility index (Phi) is 4.54. The Morgan fingerprint density at radius 2 is 2.05 bits per heavy atom. The van der Waals surface area contributed by atoms with E-state index in [1.165, 1.54) is 56.5 Å². The van der Waals surface area contributed by atoms with Crippen LogP contribution in [0.25, 0.3) is 5.57 Å². The van der Waals surface area contributed by atoms with Crippen LogP contribution < -0.4 is 5.32 Å². The summed E-state index contributed by atoms with van der Waals surface area (Å²) in [6.45, 7) is 9.00. The van der Waals surface area contributed by atoms with Gasteiger partial charge in [0.05, 0.1) is 0 Å². The topological polar surface area (TPSA) is 15.3 Å². The van der Waals surface area contributed by atoms with Gasteiger partial charge in [-0.3, -0.25) is 4.90 Å². The maximum absolute atomic E-state index is 4.28. The molecular weight excluding hydrogens is 244 g/mol. The highest BCUT2D eigenvalue weighted by Crippen LogP contribution is 2.26. The van der Waals surface area contributed by atoms with E-state index < -0.39 is 0 Å². The number of benzene rings is 1. The maximum Gasteiger partial charge on any atom is 0.0233 e. The summed E-state index contributed by atoms with van der Waals surface area (Å²) in [6.07, 6.45) is 5.47. The zero-order valence-corrected chi connectivity index (χ0v) is 12.4. The molecule has 0 bridgehead atoms. The quantitative estimate of drug-likeness (QED) is 0.904. The van der Waals surface area contributed by atoms with Crippen molar-refractivity contribution in [3.8, 4) is 0 Å². The molecule has 0 amide bonds. The van der Waals surface area contributed by atoms with Crippen molar-refractivity contribution in [3.05, 3.63) is 42.5 Å². The highest BCUT2D eigenvalue weighted by Gasteiger charge is 2.28. The summed E-state index contributed by atoms with van der Waals surface area (Å²) in [4.78, 5) is 2.60. The number of hydrogen-bond acceptors (Lipinski definition) is 2. The summed E-state index contributed by atoms with van der Waals surface area (Å²) in [5.41, 5.74) is 2.54. The van der Waals surface area contributed by atoms with E-state index >= 15 is 0 Å². The molecular formula is C18H26N2. The normalized spacial score (nSPS) is 27.6. The Bertz CT molecular complexity index is 434. The van der Waals surface area contributed by atoms with Crippen LogP contribution in [0.3, 0.4) is 0 Å². The highest BCUT2D eigenvalue weighted by atomic mass is 15.1. The summed E-state index contributed by atoms with van der Waals surface area (Å²) in [5.74, 6) is 0.842. The van der Waals surface area contributed by atoms with Gasteiger partial charge in [0.2, 0.25) is 0 Å². The molecule has 2 aliphatic heterocycles. The molecule has 0 spiro atoms. The predicted octanol–water partition coefficient (Wildman–Crippen LogP) is 3.16. The van der Waals surface area contributed by atoms with Crippen LogP contribution in [-0.4, -0.2) is 37.1 Å². The third kappa shape index (κ3) is 3.31. The van der Waals surface area contributed by atoms with Crippen molar-refractivity contribution in [1.82, 2.24) is 10.2 Å². The number of hydrogen-bond donors (Lipinski definition) is 1. The minimum atomic E-state index is 0.766. The molecule has 20 heavy (non-hydrogen) atoms. The summed E-state index contributed by atoms with van der Waals surface area (Å²) >= 11 is 0. The van der Waals surface area contributed by atoms with Crippen LogP contribution in [0, 0.1) is 5.92 Å². The smallest absolute Gasteiger partial charge is 0.0233 e. The van der Waals surface area contributed by atoms with Gasteiger partial charge in [-0.25, -0.2) is 0 Å². The number of piperidine rings is 1. The van der Waals surface area contributed by atoms with Crippen LogP contribution in [0.5, 0.6) is 0 Å². The average molecular weight is 270 g/mol. The summed E-state index contributed by atoms with van der Waals surface area (Å²) in [7, 11) is 0. The molecule has 0 aromatic heterocycles. The number of likely N-dealkylation sites (tertiary alicyclic amines) is 1. The highest BCUT2D eigenvalue weighted by molar-refractivity contribution is 5.64. The fourth-order valence-electron chi connectivity index (χ4n) is 3.71. The van der Waals surface area contributed by atoms with E-state index in [0.717, 1.165) is 18.5 Å². The van der Waals surface area contributed by atoms with Crippen molar-refractivity contribution in [3.63, 3.8) is 0 Å². The zero-order chi connectivity index (χ0) is 13.8. The molecule has 2 heterocycles. The molecule has 0 saturated carbocycles. The van der Waals surface area contributed by atoms with E-state index in [1.54, 1.807) is 0 Å². The van der Waals surface area contributed by atoms with Gasteiger partial charge in [0.25, 0.3) is 0 Å². The van der Waals surface area contributed by atoms with Crippen LogP contribution in [0.2, 0.25) is 0 Å². The molecule has 3 rings (SSSR count). The second-order valence-corrected chi connectivity index (χ2v) is 6.31. The standard InChI is InChI=1S/C18H26N2/c1-15(16-7-3-2-4-8-16)13-20-12-6-9-17(14-20)18-10-5-11-19-18/h2-4,7-8,17-19H,1,5-6,9-14H2. The third-order valence-electron chi connectivity index (χ3n) is 4.81. The molecule has 2 saturated heterocycles. The summed E-state index contributed by atoms with van der Waals surface area (Å²) in [5, 5.41) is 3.68. The minimum Gasteiger partial charge on any atom is -0.314 e.